The monoisotopic (exact) mass is 243 g/mol. The molecule has 0 aromatic carbocycles. The zero-order valence-electron chi connectivity index (χ0n) is 8.98. The Bertz CT molecular complexity index is 411. The number of aliphatic hydroxyl groups is 1. The molecule has 3 N–H and O–H groups in total. The summed E-state index contributed by atoms with van der Waals surface area (Å²) in [5, 5.41) is 20.4. The average molecular weight is 243 g/mol. The molecule has 1 unspecified atom stereocenters. The highest BCUT2D eigenvalue weighted by atomic mass is 32.1. The molecule has 6 heteroatoms. The lowest BCUT2D eigenvalue weighted by molar-refractivity contribution is -0.155. The molecule has 1 atom stereocenters. The molecule has 1 aromatic rings. The summed E-state index contributed by atoms with van der Waals surface area (Å²) in [6, 6.07) is 3.46. The molecule has 1 rings (SSSR count). The zero-order valence-corrected chi connectivity index (χ0v) is 9.80. The van der Waals surface area contributed by atoms with Crippen molar-refractivity contribution in [3.05, 3.63) is 21.9 Å². The first-order valence-electron chi connectivity index (χ1n) is 4.63. The number of carboxylic acids is 1. The van der Waals surface area contributed by atoms with E-state index in [-0.39, 0.29) is 12.5 Å². The minimum Gasteiger partial charge on any atom is -0.479 e. The van der Waals surface area contributed by atoms with Gasteiger partial charge in [0.2, 0.25) is 0 Å². The zero-order chi connectivity index (χ0) is 12.3. The van der Waals surface area contributed by atoms with Crippen LogP contribution in [0.3, 0.4) is 0 Å². The minimum absolute atomic E-state index is 0.321. The van der Waals surface area contributed by atoms with Gasteiger partial charge in [0, 0.05) is 4.88 Å². The molecule has 1 aromatic heterocycles. The first kappa shape index (κ1) is 12.7. The van der Waals surface area contributed by atoms with E-state index in [1.807, 2.05) is 6.92 Å². The van der Waals surface area contributed by atoms with Gasteiger partial charge in [0.1, 0.15) is 0 Å². The molecule has 0 saturated heterocycles. The Hall–Kier alpha value is -1.40. The highest BCUT2D eigenvalue weighted by Gasteiger charge is 2.30. The number of carbonyl (C=O) groups is 2. The molecule has 0 spiro atoms. The van der Waals surface area contributed by atoms with E-state index in [4.69, 9.17) is 5.11 Å². The van der Waals surface area contributed by atoms with Crippen LogP contribution in [-0.2, 0) is 4.79 Å². The van der Waals surface area contributed by atoms with Gasteiger partial charge < -0.3 is 15.5 Å². The van der Waals surface area contributed by atoms with Gasteiger partial charge in [0.05, 0.1) is 11.4 Å². The normalized spacial score (nSPS) is 14.2. The molecule has 16 heavy (non-hydrogen) atoms. The predicted octanol–water partition coefficient (Wildman–Crippen LogP) is 0.622. The Balaban J connectivity index is 2.57. The Morgan fingerprint density at radius 2 is 2.12 bits per heavy atom. The molecule has 88 valence electrons. The molecule has 0 aliphatic rings. The van der Waals surface area contributed by atoms with Crippen LogP contribution < -0.4 is 5.32 Å². The fourth-order valence-electron chi connectivity index (χ4n) is 0.972. The summed E-state index contributed by atoms with van der Waals surface area (Å²) in [4.78, 5) is 23.6. The third-order valence-corrected chi connectivity index (χ3v) is 3.02. The van der Waals surface area contributed by atoms with Gasteiger partial charge in [-0.25, -0.2) is 4.79 Å². The molecule has 0 aliphatic heterocycles. The second-order valence-electron chi connectivity index (χ2n) is 3.67. The molecule has 1 heterocycles. The van der Waals surface area contributed by atoms with Crippen molar-refractivity contribution in [2.45, 2.75) is 19.4 Å². The van der Waals surface area contributed by atoms with Crippen molar-refractivity contribution in [1.82, 2.24) is 5.32 Å². The molecule has 0 radical (unpaired) electrons. The summed E-state index contributed by atoms with van der Waals surface area (Å²) in [6.07, 6.45) is 0. The molecule has 5 nitrogen and oxygen atoms in total. The van der Waals surface area contributed by atoms with Crippen LogP contribution in [-0.4, -0.2) is 34.2 Å². The smallest absolute Gasteiger partial charge is 0.337 e. The maximum Gasteiger partial charge on any atom is 0.337 e. The first-order chi connectivity index (χ1) is 7.33. The number of aryl methyl sites for hydroxylation is 1. The molecule has 0 saturated carbocycles. The van der Waals surface area contributed by atoms with Gasteiger partial charge in [-0.05, 0) is 26.0 Å². The van der Waals surface area contributed by atoms with Crippen molar-refractivity contribution in [2.24, 2.45) is 0 Å². The third-order valence-electron chi connectivity index (χ3n) is 2.02. The predicted molar refractivity (Wildman–Crippen MR) is 59.6 cm³/mol. The van der Waals surface area contributed by atoms with E-state index in [0.717, 1.165) is 11.8 Å². The number of aliphatic carboxylic acids is 1. The van der Waals surface area contributed by atoms with Crippen molar-refractivity contribution >= 4 is 23.2 Å². The largest absolute Gasteiger partial charge is 0.479 e. The van der Waals surface area contributed by atoms with Gasteiger partial charge in [0.15, 0.2) is 5.60 Å². The molecular weight excluding hydrogens is 230 g/mol. The summed E-state index contributed by atoms with van der Waals surface area (Å²) in [5.74, 6) is -1.74. The van der Waals surface area contributed by atoms with E-state index in [1.165, 1.54) is 11.3 Å². The fraction of sp³-hybridized carbons (Fsp3) is 0.400. The maximum atomic E-state index is 11.5. The summed E-state index contributed by atoms with van der Waals surface area (Å²) >= 11 is 1.31. The van der Waals surface area contributed by atoms with Crippen LogP contribution in [0.2, 0.25) is 0 Å². The van der Waals surface area contributed by atoms with Crippen LogP contribution in [0.4, 0.5) is 0 Å². The van der Waals surface area contributed by atoms with Crippen LogP contribution in [0.25, 0.3) is 0 Å². The van der Waals surface area contributed by atoms with Gasteiger partial charge in [0.25, 0.3) is 5.91 Å². The fourth-order valence-corrected chi connectivity index (χ4v) is 1.76. The number of nitrogens with one attached hydrogen (secondary N) is 1. The van der Waals surface area contributed by atoms with Crippen molar-refractivity contribution in [3.63, 3.8) is 0 Å². The SMILES string of the molecule is Cc1ccc(C(=O)NCC(C)(O)C(=O)O)s1. The second-order valence-corrected chi connectivity index (χ2v) is 4.96. The summed E-state index contributed by atoms with van der Waals surface area (Å²) < 4.78 is 0. The number of amides is 1. The van der Waals surface area contributed by atoms with Gasteiger partial charge >= 0.3 is 5.97 Å². The van der Waals surface area contributed by atoms with Crippen molar-refractivity contribution in [2.75, 3.05) is 6.54 Å². The van der Waals surface area contributed by atoms with Crippen molar-refractivity contribution < 1.29 is 19.8 Å². The lowest BCUT2D eigenvalue weighted by atomic mass is 10.1. The number of hydrogen-bond donors (Lipinski definition) is 3. The van der Waals surface area contributed by atoms with Crippen molar-refractivity contribution in [1.29, 1.82) is 0 Å². The lowest BCUT2D eigenvalue weighted by Crippen LogP contribution is -2.46. The lowest BCUT2D eigenvalue weighted by Gasteiger charge is -2.17. The standard InChI is InChI=1S/C10H13NO4S/c1-6-3-4-7(16-6)8(12)11-5-10(2,15)9(13)14/h3-4,15H,5H2,1-2H3,(H,11,12)(H,13,14). The highest BCUT2D eigenvalue weighted by molar-refractivity contribution is 7.13. The van der Waals surface area contributed by atoms with Crippen LogP contribution in [0, 0.1) is 6.92 Å². The van der Waals surface area contributed by atoms with Gasteiger partial charge in [-0.1, -0.05) is 0 Å². The molecule has 0 bridgehead atoms. The topological polar surface area (TPSA) is 86.6 Å². The van der Waals surface area contributed by atoms with Crippen LogP contribution >= 0.6 is 11.3 Å². The maximum absolute atomic E-state index is 11.5. The molecule has 0 aliphatic carbocycles. The number of carbonyl (C=O) groups excluding carboxylic acids is 1. The first-order valence-corrected chi connectivity index (χ1v) is 5.45. The molecular formula is C10H13NO4S. The van der Waals surface area contributed by atoms with Gasteiger partial charge in [-0.2, -0.15) is 0 Å². The van der Waals surface area contributed by atoms with Gasteiger partial charge in [-0.3, -0.25) is 4.79 Å². The number of carboxylic acid groups (broad SMARTS) is 1. The second kappa shape index (κ2) is 4.63. The number of rotatable bonds is 4. The van der Waals surface area contributed by atoms with E-state index in [9.17, 15) is 14.7 Å². The number of thiophene rings is 1. The summed E-state index contributed by atoms with van der Waals surface area (Å²) in [6.45, 7) is 2.68. The Morgan fingerprint density at radius 1 is 1.50 bits per heavy atom. The average Bonchev–Trinajstić information content (AvgIpc) is 2.61. The minimum atomic E-state index is -1.94. The molecule has 0 fully saturated rings. The van der Waals surface area contributed by atoms with E-state index in [1.54, 1.807) is 12.1 Å². The number of hydrogen-bond acceptors (Lipinski definition) is 4. The Kier molecular flexibility index (Phi) is 3.66. The van der Waals surface area contributed by atoms with Gasteiger partial charge in [-0.15, -0.1) is 11.3 Å². The van der Waals surface area contributed by atoms with Crippen LogP contribution in [0.1, 0.15) is 21.5 Å². The molecule has 1 amide bonds. The van der Waals surface area contributed by atoms with E-state index < -0.39 is 11.6 Å². The highest BCUT2D eigenvalue weighted by Crippen LogP contribution is 2.14. The third kappa shape index (κ3) is 3.04. The van der Waals surface area contributed by atoms with E-state index in [2.05, 4.69) is 5.32 Å². The van der Waals surface area contributed by atoms with E-state index in [0.29, 0.717) is 4.88 Å². The Morgan fingerprint density at radius 3 is 2.56 bits per heavy atom. The quantitative estimate of drug-likeness (QED) is 0.723. The Labute approximate surface area is 96.7 Å². The summed E-state index contributed by atoms with van der Waals surface area (Å²) in [7, 11) is 0. The van der Waals surface area contributed by atoms with Crippen molar-refractivity contribution in [3.8, 4) is 0 Å². The summed E-state index contributed by atoms with van der Waals surface area (Å²) in [5.41, 5.74) is -1.94. The van der Waals surface area contributed by atoms with Crippen LogP contribution in [0.15, 0.2) is 12.1 Å². The van der Waals surface area contributed by atoms with Crippen LogP contribution in [0.5, 0.6) is 0 Å². The van der Waals surface area contributed by atoms with E-state index >= 15 is 0 Å².